The van der Waals surface area contributed by atoms with E-state index in [4.69, 9.17) is 4.74 Å². The highest BCUT2D eigenvalue weighted by Crippen LogP contribution is 2.27. The number of alkyl halides is 3. The highest BCUT2D eigenvalue weighted by molar-refractivity contribution is 5.41. The summed E-state index contributed by atoms with van der Waals surface area (Å²) in [5, 5.41) is 2.95. The van der Waals surface area contributed by atoms with Crippen molar-refractivity contribution >= 4 is 0 Å². The monoisotopic (exact) mass is 304 g/mol. The smallest absolute Gasteiger partial charge is 0.390 e. The van der Waals surface area contributed by atoms with Crippen LogP contribution in [-0.2, 0) is 6.42 Å². The summed E-state index contributed by atoms with van der Waals surface area (Å²) in [6.45, 7) is 6.18. The fraction of sp³-hybridized carbons (Fsp3) is 0.667. The molecule has 1 atom stereocenters. The Morgan fingerprint density at radius 2 is 2.00 bits per heavy atom. The van der Waals surface area contributed by atoms with E-state index in [0.717, 1.165) is 17.5 Å². The predicted octanol–water partition coefficient (Wildman–Crippen LogP) is 3.57. The summed E-state index contributed by atoms with van der Waals surface area (Å²) in [5.74, 6) is 0.696. The molecule has 0 radical (unpaired) electrons. The third kappa shape index (κ3) is 5.53. The molecule has 1 aromatic heterocycles. The second kappa shape index (κ2) is 7.64. The van der Waals surface area contributed by atoms with Crippen LogP contribution in [0.5, 0.6) is 5.75 Å². The van der Waals surface area contributed by atoms with Crippen LogP contribution in [0.4, 0.5) is 13.2 Å². The number of methoxy groups -OCH3 is 1. The number of aryl methyl sites for hydroxylation is 1. The molecule has 0 fully saturated rings. The van der Waals surface area contributed by atoms with Gasteiger partial charge in [-0.25, -0.2) is 0 Å². The maximum atomic E-state index is 12.7. The molecule has 0 aromatic carbocycles. The Balaban J connectivity index is 2.92. The first-order valence-electron chi connectivity index (χ1n) is 7.07. The number of nitrogens with one attached hydrogen (secondary N) is 1. The predicted molar refractivity (Wildman–Crippen MR) is 76.7 cm³/mol. The van der Waals surface area contributed by atoms with Gasteiger partial charge in [-0.2, -0.15) is 13.2 Å². The molecule has 21 heavy (non-hydrogen) atoms. The van der Waals surface area contributed by atoms with Gasteiger partial charge in [0.2, 0.25) is 0 Å². The number of rotatable bonds is 7. The minimum atomic E-state index is -4.19. The van der Waals surface area contributed by atoms with Gasteiger partial charge in [0.15, 0.2) is 0 Å². The number of aromatic nitrogens is 1. The van der Waals surface area contributed by atoms with Crippen molar-refractivity contribution < 1.29 is 17.9 Å². The lowest BCUT2D eigenvalue weighted by Crippen LogP contribution is -2.36. The van der Waals surface area contributed by atoms with E-state index >= 15 is 0 Å². The standard InChI is InChI=1S/C15H23F3N2O/c1-5-6-19-12(8-15(16,17)18)7-13-11(3)14(21-4)10(2)9-20-13/h9,12,19H,5-8H2,1-4H3. The molecule has 120 valence electrons. The highest BCUT2D eigenvalue weighted by Gasteiger charge is 2.32. The van der Waals surface area contributed by atoms with Crippen molar-refractivity contribution in [2.24, 2.45) is 0 Å². The lowest BCUT2D eigenvalue weighted by atomic mass is 10.0. The van der Waals surface area contributed by atoms with E-state index < -0.39 is 18.6 Å². The van der Waals surface area contributed by atoms with Crippen molar-refractivity contribution in [2.75, 3.05) is 13.7 Å². The molecule has 0 aliphatic heterocycles. The molecule has 0 aliphatic rings. The zero-order chi connectivity index (χ0) is 16.0. The second-order valence-electron chi connectivity index (χ2n) is 5.22. The second-order valence-corrected chi connectivity index (χ2v) is 5.22. The first kappa shape index (κ1) is 17.8. The molecule has 0 saturated carbocycles. The normalized spacial score (nSPS) is 13.3. The van der Waals surface area contributed by atoms with Crippen LogP contribution in [0.1, 0.15) is 36.6 Å². The van der Waals surface area contributed by atoms with Crippen molar-refractivity contribution in [3.05, 3.63) is 23.0 Å². The van der Waals surface area contributed by atoms with Crippen molar-refractivity contribution in [1.82, 2.24) is 10.3 Å². The SMILES string of the molecule is CCCNC(Cc1ncc(C)c(OC)c1C)CC(F)(F)F. The Morgan fingerprint density at radius 1 is 1.33 bits per heavy atom. The van der Waals surface area contributed by atoms with E-state index in [1.807, 2.05) is 20.8 Å². The number of hydrogen-bond donors (Lipinski definition) is 1. The number of halogens is 3. The summed E-state index contributed by atoms with van der Waals surface area (Å²) < 4.78 is 43.3. The molecule has 1 rings (SSSR count). The topological polar surface area (TPSA) is 34.2 Å². The third-order valence-electron chi connectivity index (χ3n) is 3.35. The van der Waals surface area contributed by atoms with Gasteiger partial charge in [-0.3, -0.25) is 4.98 Å². The third-order valence-corrected chi connectivity index (χ3v) is 3.35. The highest BCUT2D eigenvalue weighted by atomic mass is 19.4. The quantitative estimate of drug-likeness (QED) is 0.836. The van der Waals surface area contributed by atoms with E-state index in [1.54, 1.807) is 13.3 Å². The average molecular weight is 304 g/mol. The first-order chi connectivity index (χ1) is 9.78. The fourth-order valence-corrected chi connectivity index (χ4v) is 2.35. The van der Waals surface area contributed by atoms with E-state index in [1.165, 1.54) is 0 Å². The summed E-state index contributed by atoms with van der Waals surface area (Å²) in [5.41, 5.74) is 2.34. The van der Waals surface area contributed by atoms with E-state index in [9.17, 15) is 13.2 Å². The number of ether oxygens (including phenoxy) is 1. The van der Waals surface area contributed by atoms with Crippen LogP contribution in [0.2, 0.25) is 0 Å². The van der Waals surface area contributed by atoms with Crippen LogP contribution in [-0.4, -0.2) is 30.9 Å². The Hall–Kier alpha value is -1.30. The molecular formula is C15H23F3N2O. The molecule has 1 unspecified atom stereocenters. The zero-order valence-corrected chi connectivity index (χ0v) is 13.0. The van der Waals surface area contributed by atoms with Gasteiger partial charge < -0.3 is 10.1 Å². The minimum absolute atomic E-state index is 0.238. The van der Waals surface area contributed by atoms with Gasteiger partial charge in [0, 0.05) is 35.5 Å². The summed E-state index contributed by atoms with van der Waals surface area (Å²) >= 11 is 0. The molecule has 0 aliphatic carbocycles. The van der Waals surface area contributed by atoms with Crippen molar-refractivity contribution in [3.63, 3.8) is 0 Å². The molecule has 0 saturated heterocycles. The van der Waals surface area contributed by atoms with E-state index in [-0.39, 0.29) is 6.42 Å². The molecular weight excluding hydrogens is 281 g/mol. The zero-order valence-electron chi connectivity index (χ0n) is 13.0. The molecule has 3 nitrogen and oxygen atoms in total. The number of nitrogens with zero attached hydrogens (tertiary/aromatic N) is 1. The lowest BCUT2D eigenvalue weighted by Gasteiger charge is -2.21. The molecule has 1 heterocycles. The van der Waals surface area contributed by atoms with Crippen molar-refractivity contribution in [1.29, 1.82) is 0 Å². The summed E-state index contributed by atoms with van der Waals surface area (Å²) in [6.07, 6.45) is -2.37. The van der Waals surface area contributed by atoms with E-state index in [0.29, 0.717) is 18.0 Å². The van der Waals surface area contributed by atoms with E-state index in [2.05, 4.69) is 10.3 Å². The molecule has 0 bridgehead atoms. The van der Waals surface area contributed by atoms with Crippen LogP contribution in [0.3, 0.4) is 0 Å². The molecule has 6 heteroatoms. The molecule has 0 spiro atoms. The molecule has 1 aromatic rings. The van der Waals surface area contributed by atoms with Crippen molar-refractivity contribution in [2.45, 2.75) is 52.3 Å². The molecule has 0 amide bonds. The Morgan fingerprint density at radius 3 is 2.52 bits per heavy atom. The van der Waals surface area contributed by atoms with Gasteiger partial charge in [-0.05, 0) is 26.8 Å². The summed E-state index contributed by atoms with van der Waals surface area (Å²) in [4.78, 5) is 4.28. The van der Waals surface area contributed by atoms with Crippen LogP contribution in [0.15, 0.2) is 6.20 Å². The van der Waals surface area contributed by atoms with Crippen LogP contribution < -0.4 is 10.1 Å². The van der Waals surface area contributed by atoms with Crippen molar-refractivity contribution in [3.8, 4) is 5.75 Å². The van der Waals surface area contributed by atoms with Crippen LogP contribution in [0, 0.1) is 13.8 Å². The average Bonchev–Trinajstić information content (AvgIpc) is 2.38. The summed E-state index contributed by atoms with van der Waals surface area (Å²) in [7, 11) is 1.56. The fourth-order valence-electron chi connectivity index (χ4n) is 2.35. The first-order valence-corrected chi connectivity index (χ1v) is 7.07. The minimum Gasteiger partial charge on any atom is -0.496 e. The Kier molecular flexibility index (Phi) is 6.45. The van der Waals surface area contributed by atoms with Gasteiger partial charge in [0.05, 0.1) is 13.5 Å². The lowest BCUT2D eigenvalue weighted by molar-refractivity contribution is -0.140. The van der Waals surface area contributed by atoms with Gasteiger partial charge in [-0.15, -0.1) is 0 Å². The number of hydrogen-bond acceptors (Lipinski definition) is 3. The van der Waals surface area contributed by atoms with Crippen LogP contribution in [0.25, 0.3) is 0 Å². The van der Waals surface area contributed by atoms with Crippen LogP contribution >= 0.6 is 0 Å². The van der Waals surface area contributed by atoms with Gasteiger partial charge in [-0.1, -0.05) is 6.92 Å². The van der Waals surface area contributed by atoms with Gasteiger partial charge in [0.1, 0.15) is 5.75 Å². The summed E-state index contributed by atoms with van der Waals surface area (Å²) in [6, 6.07) is -0.663. The maximum Gasteiger partial charge on any atom is 0.390 e. The van der Waals surface area contributed by atoms with Gasteiger partial charge in [0.25, 0.3) is 0 Å². The Bertz CT molecular complexity index is 461. The number of pyridine rings is 1. The maximum absolute atomic E-state index is 12.7. The Labute approximate surface area is 123 Å². The van der Waals surface area contributed by atoms with Gasteiger partial charge >= 0.3 is 6.18 Å². The largest absolute Gasteiger partial charge is 0.496 e. The molecule has 1 N–H and O–H groups in total.